The van der Waals surface area contributed by atoms with E-state index in [9.17, 15) is 9.59 Å². The van der Waals surface area contributed by atoms with Gasteiger partial charge in [-0.2, -0.15) is 0 Å². The van der Waals surface area contributed by atoms with E-state index in [0.717, 1.165) is 74.1 Å². The lowest BCUT2D eigenvalue weighted by molar-refractivity contribution is 0.0999. The Hall–Kier alpha value is -4.56. The molecular weight excluding hydrogens is 464 g/mol. The Balaban J connectivity index is 1.27. The lowest BCUT2D eigenvalue weighted by Crippen LogP contribution is -2.35. The minimum Gasteiger partial charge on any atom is -0.289 e. The molecule has 0 saturated carbocycles. The molecule has 0 fully saturated rings. The van der Waals surface area contributed by atoms with Gasteiger partial charge in [-0.25, -0.2) is 0 Å². The zero-order valence-electron chi connectivity index (χ0n) is 20.8. The number of carbonyl (C=O) groups is 2. The largest absolute Gasteiger partial charge is 0.289 e. The van der Waals surface area contributed by atoms with Crippen molar-refractivity contribution in [1.29, 1.82) is 0 Å². The van der Waals surface area contributed by atoms with Crippen molar-refractivity contribution in [3.8, 4) is 11.1 Å². The number of hydrogen-bond acceptors (Lipinski definition) is 2. The molecule has 0 amide bonds. The van der Waals surface area contributed by atoms with Gasteiger partial charge in [0.25, 0.3) is 0 Å². The molecule has 5 aliphatic rings. The maximum Gasteiger partial charge on any atom is 0.193 e. The summed E-state index contributed by atoms with van der Waals surface area (Å²) in [5.41, 5.74) is 11.7. The lowest BCUT2D eigenvalue weighted by atomic mass is 9.59. The lowest BCUT2D eigenvalue weighted by Gasteiger charge is -2.42. The summed E-state index contributed by atoms with van der Waals surface area (Å²) in [6, 6.07) is 22.8. The molecule has 2 unspecified atom stereocenters. The van der Waals surface area contributed by atoms with Crippen LogP contribution in [0, 0.1) is 5.92 Å². The molecule has 0 aromatic heterocycles. The summed E-state index contributed by atoms with van der Waals surface area (Å²) >= 11 is 0. The Bertz CT molecular complexity index is 1790. The summed E-state index contributed by atoms with van der Waals surface area (Å²) in [7, 11) is 0. The zero-order chi connectivity index (χ0) is 25.4. The fraction of sp³-hybridized carbons (Fsp3) is 0.111. The van der Waals surface area contributed by atoms with Gasteiger partial charge in [0.1, 0.15) is 0 Å². The molecule has 180 valence electrons. The third kappa shape index (κ3) is 2.95. The average Bonchev–Trinajstić information content (AvgIpc) is 2.99. The van der Waals surface area contributed by atoms with Gasteiger partial charge < -0.3 is 0 Å². The molecular formula is C36H24O2. The molecule has 2 nitrogen and oxygen atoms in total. The maximum absolute atomic E-state index is 13.9. The van der Waals surface area contributed by atoms with Crippen LogP contribution in [0.25, 0.3) is 22.3 Å². The summed E-state index contributed by atoms with van der Waals surface area (Å²) in [5, 5.41) is 0. The summed E-state index contributed by atoms with van der Waals surface area (Å²) in [6.07, 6.45) is 16.7. The van der Waals surface area contributed by atoms with E-state index >= 15 is 0 Å². The Morgan fingerprint density at radius 2 is 1.55 bits per heavy atom. The highest BCUT2D eigenvalue weighted by atomic mass is 16.1. The minimum atomic E-state index is -0.124. The van der Waals surface area contributed by atoms with E-state index in [1.165, 1.54) is 5.57 Å². The molecule has 2 atom stereocenters. The van der Waals surface area contributed by atoms with Crippen LogP contribution in [0.4, 0.5) is 0 Å². The molecule has 8 rings (SSSR count). The first kappa shape index (κ1) is 21.5. The van der Waals surface area contributed by atoms with Gasteiger partial charge in [0.05, 0.1) is 0 Å². The Morgan fingerprint density at radius 3 is 2.39 bits per heavy atom. The van der Waals surface area contributed by atoms with E-state index in [0.29, 0.717) is 0 Å². The Kier molecular flexibility index (Phi) is 4.51. The second kappa shape index (κ2) is 7.97. The van der Waals surface area contributed by atoms with Crippen molar-refractivity contribution in [2.24, 2.45) is 5.92 Å². The second-order valence-corrected chi connectivity index (χ2v) is 10.6. The molecule has 0 spiro atoms. The number of rotatable bonds is 2. The molecule has 0 bridgehead atoms. The first-order chi connectivity index (χ1) is 18.7. The summed E-state index contributed by atoms with van der Waals surface area (Å²) < 4.78 is 0. The van der Waals surface area contributed by atoms with Gasteiger partial charge in [-0.3, -0.25) is 9.59 Å². The Morgan fingerprint density at radius 1 is 0.711 bits per heavy atom. The molecule has 0 aliphatic heterocycles. The molecule has 0 N–H and O–H groups in total. The molecule has 0 saturated heterocycles. The quantitative estimate of drug-likeness (QED) is 0.365. The van der Waals surface area contributed by atoms with Crippen LogP contribution in [0.5, 0.6) is 0 Å². The molecule has 3 aromatic carbocycles. The van der Waals surface area contributed by atoms with Crippen molar-refractivity contribution in [3.05, 3.63) is 154 Å². The van der Waals surface area contributed by atoms with Gasteiger partial charge >= 0.3 is 0 Å². The molecule has 0 radical (unpaired) electrons. The Labute approximate surface area is 221 Å². The van der Waals surface area contributed by atoms with Crippen molar-refractivity contribution in [2.45, 2.75) is 18.8 Å². The minimum absolute atomic E-state index is 0.0361. The highest BCUT2D eigenvalue weighted by Gasteiger charge is 2.46. The van der Waals surface area contributed by atoms with E-state index < -0.39 is 0 Å². The molecule has 3 aromatic rings. The topological polar surface area (TPSA) is 34.1 Å². The number of Topliss-reactive ketones (excluding diaryl/α,β-unsaturated/α-hetero) is 2. The van der Waals surface area contributed by atoms with Crippen molar-refractivity contribution in [1.82, 2.24) is 0 Å². The van der Waals surface area contributed by atoms with E-state index in [1.807, 2.05) is 36.4 Å². The summed E-state index contributed by atoms with van der Waals surface area (Å²) in [5.74, 6) is 0.0477. The van der Waals surface area contributed by atoms with Crippen LogP contribution in [0.1, 0.15) is 56.2 Å². The van der Waals surface area contributed by atoms with Crippen LogP contribution >= 0.6 is 0 Å². The zero-order valence-corrected chi connectivity index (χ0v) is 20.8. The van der Waals surface area contributed by atoms with Crippen LogP contribution in [-0.2, 0) is 0 Å². The fourth-order valence-electron chi connectivity index (χ4n) is 6.87. The molecule has 2 heteroatoms. The van der Waals surface area contributed by atoms with Crippen LogP contribution in [0.3, 0.4) is 0 Å². The number of benzene rings is 3. The number of allylic oxidation sites excluding steroid dienone is 12. The van der Waals surface area contributed by atoms with E-state index in [4.69, 9.17) is 0 Å². The van der Waals surface area contributed by atoms with E-state index in [-0.39, 0.29) is 23.4 Å². The fourth-order valence-corrected chi connectivity index (χ4v) is 6.87. The van der Waals surface area contributed by atoms with E-state index in [2.05, 4.69) is 72.8 Å². The van der Waals surface area contributed by atoms with Gasteiger partial charge in [-0.15, -0.1) is 0 Å². The maximum atomic E-state index is 13.9. The van der Waals surface area contributed by atoms with Gasteiger partial charge in [-0.05, 0) is 69.5 Å². The van der Waals surface area contributed by atoms with Gasteiger partial charge in [0.2, 0.25) is 0 Å². The van der Waals surface area contributed by atoms with Gasteiger partial charge in [0.15, 0.2) is 11.6 Å². The smallest absolute Gasteiger partial charge is 0.193 e. The highest BCUT2D eigenvalue weighted by molar-refractivity contribution is 6.22. The normalized spacial score (nSPS) is 22.3. The molecule has 5 aliphatic carbocycles. The highest BCUT2D eigenvalue weighted by Crippen LogP contribution is 2.55. The van der Waals surface area contributed by atoms with Crippen LogP contribution in [0.15, 0.2) is 126 Å². The predicted molar refractivity (Wildman–Crippen MR) is 152 cm³/mol. The number of ketones is 2. The summed E-state index contributed by atoms with van der Waals surface area (Å²) in [6.45, 7) is 0. The number of fused-ring (bicyclic) bond motifs is 4. The molecule has 38 heavy (non-hydrogen) atoms. The number of hydrogen-bond donors (Lipinski definition) is 0. The van der Waals surface area contributed by atoms with Crippen LogP contribution in [0.2, 0.25) is 0 Å². The average molecular weight is 489 g/mol. The monoisotopic (exact) mass is 488 g/mol. The third-order valence-electron chi connectivity index (χ3n) is 8.70. The van der Waals surface area contributed by atoms with Gasteiger partial charge in [0, 0.05) is 34.1 Å². The number of carbonyl (C=O) groups excluding carboxylic acids is 2. The SMILES string of the molecule is O=C1C2=CC=C3C(=O)c4cc(-c5ccccc5)ccc4C4C=CC(=C2C34)c2ccc(C3=CC=CCC3)cc21. The van der Waals surface area contributed by atoms with Crippen molar-refractivity contribution >= 4 is 22.7 Å². The van der Waals surface area contributed by atoms with Gasteiger partial charge in [-0.1, -0.05) is 97.1 Å². The third-order valence-corrected chi connectivity index (χ3v) is 8.70. The first-order valence-electron chi connectivity index (χ1n) is 13.3. The van der Waals surface area contributed by atoms with Crippen molar-refractivity contribution in [2.75, 3.05) is 0 Å². The van der Waals surface area contributed by atoms with Crippen molar-refractivity contribution in [3.63, 3.8) is 0 Å². The summed E-state index contributed by atoms with van der Waals surface area (Å²) in [4.78, 5) is 27.8. The molecule has 0 heterocycles. The van der Waals surface area contributed by atoms with Crippen LogP contribution < -0.4 is 0 Å². The van der Waals surface area contributed by atoms with Crippen molar-refractivity contribution < 1.29 is 9.59 Å². The van der Waals surface area contributed by atoms with E-state index in [1.54, 1.807) is 0 Å². The predicted octanol–water partition coefficient (Wildman–Crippen LogP) is 8.07. The van der Waals surface area contributed by atoms with Crippen LogP contribution in [-0.4, -0.2) is 11.6 Å². The second-order valence-electron chi connectivity index (χ2n) is 10.6. The first-order valence-corrected chi connectivity index (χ1v) is 13.3. The standard InChI is InChI=1S/C36H24O2/c37-35-29-17-18-30-34-28(26-14-12-24(20-32(26)36(30)38)22-9-5-2-6-10-22)16-15-27(33(29)34)25-13-11-23(19-31(25)35)21-7-3-1-4-8-21/h1-5,7-9,11-20,27,33H,6,10H2.